The summed E-state index contributed by atoms with van der Waals surface area (Å²) in [5.41, 5.74) is 1.68. The van der Waals surface area contributed by atoms with Gasteiger partial charge in [0.15, 0.2) is 6.61 Å². The zero-order valence-corrected chi connectivity index (χ0v) is 21.9. The lowest BCUT2D eigenvalue weighted by Crippen LogP contribution is -2.49. The molecular weight excluding hydrogens is 452 g/mol. The van der Waals surface area contributed by atoms with Gasteiger partial charge in [-0.15, -0.1) is 0 Å². The number of rotatable bonds is 8. The molecule has 7 heteroatoms. The minimum atomic E-state index is -0.114. The number of carbonyl (C=O) groups excluding carboxylic acids is 2. The molecular formula is C29H40N4O3. The number of piperazine rings is 1. The zero-order chi connectivity index (χ0) is 25.5. The van der Waals surface area contributed by atoms with Crippen molar-refractivity contribution in [2.24, 2.45) is 0 Å². The third-order valence-electron chi connectivity index (χ3n) is 7.50. The Morgan fingerprint density at radius 1 is 0.944 bits per heavy atom. The van der Waals surface area contributed by atoms with E-state index in [1.165, 1.54) is 0 Å². The number of nitrogens with one attached hydrogen (secondary N) is 1. The summed E-state index contributed by atoms with van der Waals surface area (Å²) in [4.78, 5) is 32.6. The second-order valence-electron chi connectivity index (χ2n) is 10.3. The summed E-state index contributed by atoms with van der Waals surface area (Å²) >= 11 is 0. The Hall–Kier alpha value is -2.90. The molecule has 0 aromatic heterocycles. The largest absolute Gasteiger partial charge is 0.484 e. The van der Waals surface area contributed by atoms with E-state index in [9.17, 15) is 9.59 Å². The summed E-state index contributed by atoms with van der Waals surface area (Å²) in [6.07, 6.45) is 3.24. The van der Waals surface area contributed by atoms with Crippen LogP contribution in [-0.2, 0) is 4.79 Å². The maximum atomic E-state index is 13.1. The van der Waals surface area contributed by atoms with Crippen LogP contribution < -0.4 is 10.1 Å². The topological polar surface area (TPSA) is 65.1 Å². The normalized spacial score (nSPS) is 22.1. The molecule has 0 radical (unpaired) electrons. The van der Waals surface area contributed by atoms with E-state index in [0.29, 0.717) is 11.3 Å². The molecule has 2 fully saturated rings. The van der Waals surface area contributed by atoms with Crippen LogP contribution in [0.1, 0.15) is 55.1 Å². The molecule has 1 N–H and O–H groups in total. The van der Waals surface area contributed by atoms with Crippen LogP contribution in [0.2, 0.25) is 0 Å². The average Bonchev–Trinajstić information content (AvgIpc) is 2.89. The SMILES string of the molecule is CC1CCCC(C)N1C(=O)COc1ccc(C(=O)NC(CN2CCN(C)CC2)c2ccccc2)cc1. The Balaban J connectivity index is 1.34. The van der Waals surface area contributed by atoms with Gasteiger partial charge >= 0.3 is 0 Å². The fourth-order valence-corrected chi connectivity index (χ4v) is 5.28. The van der Waals surface area contributed by atoms with Crippen LogP contribution in [0, 0.1) is 0 Å². The van der Waals surface area contributed by atoms with Crippen molar-refractivity contribution < 1.29 is 14.3 Å². The number of piperidine rings is 1. The van der Waals surface area contributed by atoms with Crippen molar-refractivity contribution in [1.82, 2.24) is 20.0 Å². The number of nitrogens with zero attached hydrogens (tertiary/aromatic N) is 3. The second-order valence-corrected chi connectivity index (χ2v) is 10.3. The van der Waals surface area contributed by atoms with Gasteiger partial charge in [-0.05, 0) is 70.0 Å². The zero-order valence-electron chi connectivity index (χ0n) is 21.9. The molecule has 36 heavy (non-hydrogen) atoms. The van der Waals surface area contributed by atoms with Gasteiger partial charge < -0.3 is 19.9 Å². The Morgan fingerprint density at radius 3 is 2.22 bits per heavy atom. The molecule has 3 unspecified atom stereocenters. The van der Waals surface area contributed by atoms with Crippen molar-refractivity contribution in [3.05, 3.63) is 65.7 Å². The first kappa shape index (κ1) is 26.2. The standard InChI is InChI=1S/C29H40N4O3/c1-22-8-7-9-23(2)33(22)28(34)21-36-26-14-12-25(13-15-26)29(35)30-27(24-10-5-4-6-11-24)20-32-18-16-31(3)17-19-32/h4-6,10-15,22-23,27H,7-9,16-21H2,1-3H3,(H,30,35). The van der Waals surface area contributed by atoms with E-state index in [1.807, 2.05) is 23.1 Å². The van der Waals surface area contributed by atoms with Gasteiger partial charge in [-0.1, -0.05) is 30.3 Å². The van der Waals surface area contributed by atoms with E-state index >= 15 is 0 Å². The predicted octanol–water partition coefficient (Wildman–Crippen LogP) is 3.57. The molecule has 0 saturated carbocycles. The molecule has 0 spiro atoms. The number of likely N-dealkylation sites (tertiary alicyclic amines) is 1. The van der Waals surface area contributed by atoms with E-state index in [2.05, 4.69) is 48.1 Å². The molecule has 7 nitrogen and oxygen atoms in total. The van der Waals surface area contributed by atoms with Gasteiger partial charge in [0.2, 0.25) is 0 Å². The minimum Gasteiger partial charge on any atom is -0.484 e. The van der Waals surface area contributed by atoms with E-state index in [-0.39, 0.29) is 36.5 Å². The molecule has 2 heterocycles. The van der Waals surface area contributed by atoms with Gasteiger partial charge in [0.05, 0.1) is 6.04 Å². The van der Waals surface area contributed by atoms with Crippen molar-refractivity contribution in [3.8, 4) is 5.75 Å². The molecule has 0 aliphatic carbocycles. The predicted molar refractivity (Wildman–Crippen MR) is 142 cm³/mol. The van der Waals surface area contributed by atoms with E-state index in [1.54, 1.807) is 24.3 Å². The summed E-state index contributed by atoms with van der Waals surface area (Å²) in [5, 5.41) is 3.23. The summed E-state index contributed by atoms with van der Waals surface area (Å²) in [6.45, 7) is 9.07. The quantitative estimate of drug-likeness (QED) is 0.610. The maximum absolute atomic E-state index is 13.1. The van der Waals surface area contributed by atoms with Crippen LogP contribution in [-0.4, -0.2) is 85.0 Å². The molecule has 2 aromatic carbocycles. The number of benzene rings is 2. The molecule has 2 aliphatic heterocycles. The monoisotopic (exact) mass is 492 g/mol. The van der Waals surface area contributed by atoms with Crippen LogP contribution in [0.5, 0.6) is 5.75 Å². The fraction of sp³-hybridized carbons (Fsp3) is 0.517. The van der Waals surface area contributed by atoms with Crippen LogP contribution in [0.4, 0.5) is 0 Å². The fourth-order valence-electron chi connectivity index (χ4n) is 5.28. The molecule has 4 rings (SSSR count). The first-order chi connectivity index (χ1) is 17.4. The van der Waals surface area contributed by atoms with Crippen LogP contribution in [0.25, 0.3) is 0 Å². The van der Waals surface area contributed by atoms with Crippen molar-refractivity contribution in [2.45, 2.75) is 51.2 Å². The molecule has 2 saturated heterocycles. The number of hydrogen-bond acceptors (Lipinski definition) is 5. The molecule has 2 amide bonds. The number of hydrogen-bond donors (Lipinski definition) is 1. The van der Waals surface area contributed by atoms with Gasteiger partial charge in [0.1, 0.15) is 5.75 Å². The van der Waals surface area contributed by atoms with Gasteiger partial charge in [-0.2, -0.15) is 0 Å². The first-order valence-electron chi connectivity index (χ1n) is 13.2. The number of likely N-dealkylation sites (N-methyl/N-ethyl adjacent to an activating group) is 1. The highest BCUT2D eigenvalue weighted by atomic mass is 16.5. The highest BCUT2D eigenvalue weighted by molar-refractivity contribution is 5.94. The molecule has 3 atom stereocenters. The van der Waals surface area contributed by atoms with Crippen LogP contribution in [0.15, 0.2) is 54.6 Å². The van der Waals surface area contributed by atoms with Gasteiger partial charge in [0.25, 0.3) is 11.8 Å². The number of ether oxygens (including phenoxy) is 1. The lowest BCUT2D eigenvalue weighted by Gasteiger charge is -2.38. The average molecular weight is 493 g/mol. The Labute approximate surface area is 215 Å². The third-order valence-corrected chi connectivity index (χ3v) is 7.50. The van der Waals surface area contributed by atoms with Crippen molar-refractivity contribution >= 4 is 11.8 Å². The summed E-state index contributed by atoms with van der Waals surface area (Å²) in [6, 6.07) is 17.6. The number of carbonyl (C=O) groups is 2. The Morgan fingerprint density at radius 2 is 1.58 bits per heavy atom. The molecule has 2 aliphatic rings. The van der Waals surface area contributed by atoms with Gasteiger partial charge in [0, 0.05) is 50.4 Å². The van der Waals surface area contributed by atoms with Crippen LogP contribution >= 0.6 is 0 Å². The van der Waals surface area contributed by atoms with E-state index < -0.39 is 0 Å². The highest BCUT2D eigenvalue weighted by Crippen LogP contribution is 2.23. The maximum Gasteiger partial charge on any atom is 0.260 e. The van der Waals surface area contributed by atoms with E-state index in [0.717, 1.165) is 57.5 Å². The van der Waals surface area contributed by atoms with Crippen molar-refractivity contribution in [2.75, 3.05) is 46.4 Å². The van der Waals surface area contributed by atoms with Crippen LogP contribution in [0.3, 0.4) is 0 Å². The smallest absolute Gasteiger partial charge is 0.260 e. The minimum absolute atomic E-state index is 0.0152. The molecule has 194 valence electrons. The van der Waals surface area contributed by atoms with Gasteiger partial charge in [-0.3, -0.25) is 14.5 Å². The van der Waals surface area contributed by atoms with E-state index in [4.69, 9.17) is 4.74 Å². The summed E-state index contributed by atoms with van der Waals surface area (Å²) in [5.74, 6) is 0.497. The second kappa shape index (κ2) is 12.4. The lowest BCUT2D eigenvalue weighted by molar-refractivity contribution is -0.139. The number of amides is 2. The third kappa shape index (κ3) is 6.86. The highest BCUT2D eigenvalue weighted by Gasteiger charge is 2.29. The summed E-state index contributed by atoms with van der Waals surface area (Å²) in [7, 11) is 2.14. The molecule has 0 bridgehead atoms. The molecule has 2 aromatic rings. The van der Waals surface area contributed by atoms with Crippen molar-refractivity contribution in [1.29, 1.82) is 0 Å². The van der Waals surface area contributed by atoms with Crippen molar-refractivity contribution in [3.63, 3.8) is 0 Å². The lowest BCUT2D eigenvalue weighted by atomic mass is 9.97. The first-order valence-corrected chi connectivity index (χ1v) is 13.2. The Bertz CT molecular complexity index is 979. The summed E-state index contributed by atoms with van der Waals surface area (Å²) < 4.78 is 5.78. The van der Waals surface area contributed by atoms with Gasteiger partial charge in [-0.25, -0.2) is 0 Å². The Kier molecular flexibility index (Phi) is 8.99.